The predicted molar refractivity (Wildman–Crippen MR) is 92.1 cm³/mol. The minimum absolute atomic E-state index is 0.413. The molecule has 0 spiro atoms. The summed E-state index contributed by atoms with van der Waals surface area (Å²) < 4.78 is 17.4. The molecule has 6 nitrogen and oxygen atoms in total. The average molecular weight is 329 g/mol. The Morgan fingerprint density at radius 1 is 1.33 bits per heavy atom. The molecule has 2 aliphatic rings. The third kappa shape index (κ3) is 3.27. The van der Waals surface area contributed by atoms with Crippen LogP contribution in [0.15, 0.2) is 12.3 Å². The SMILES string of the molecule is CC1(C)OB(c2cnc(NC[C@@H]3CCOC3)c(C#N)c2)OC1(C)C. The lowest BCUT2D eigenvalue weighted by atomic mass is 9.79. The minimum Gasteiger partial charge on any atom is -0.399 e. The fraction of sp³-hybridized carbons (Fsp3) is 0.647. The van der Waals surface area contributed by atoms with Gasteiger partial charge in [0, 0.05) is 30.7 Å². The highest BCUT2D eigenvalue weighted by molar-refractivity contribution is 6.62. The first-order valence-corrected chi connectivity index (χ1v) is 8.40. The van der Waals surface area contributed by atoms with E-state index in [9.17, 15) is 5.26 Å². The van der Waals surface area contributed by atoms with E-state index in [1.54, 1.807) is 12.3 Å². The Bertz CT molecular complexity index is 635. The molecule has 3 heterocycles. The zero-order valence-electron chi connectivity index (χ0n) is 14.8. The number of nitrogens with zero attached hydrogens (tertiary/aromatic N) is 2. The summed E-state index contributed by atoms with van der Waals surface area (Å²) in [5.41, 5.74) is 0.439. The second-order valence-corrected chi connectivity index (χ2v) is 7.48. The number of rotatable bonds is 4. The van der Waals surface area contributed by atoms with Gasteiger partial charge < -0.3 is 19.4 Å². The number of ether oxygens (including phenoxy) is 1. The molecule has 0 radical (unpaired) electrons. The van der Waals surface area contributed by atoms with E-state index >= 15 is 0 Å². The summed E-state index contributed by atoms with van der Waals surface area (Å²) in [6.07, 6.45) is 2.76. The molecule has 0 aromatic carbocycles. The lowest BCUT2D eigenvalue weighted by molar-refractivity contribution is 0.00578. The van der Waals surface area contributed by atoms with Crippen molar-refractivity contribution < 1.29 is 14.0 Å². The van der Waals surface area contributed by atoms with Gasteiger partial charge in [0.05, 0.1) is 23.4 Å². The maximum atomic E-state index is 9.45. The molecule has 0 bridgehead atoms. The molecule has 2 saturated heterocycles. The zero-order valence-corrected chi connectivity index (χ0v) is 14.8. The molecule has 7 heteroatoms. The van der Waals surface area contributed by atoms with E-state index < -0.39 is 18.3 Å². The lowest BCUT2D eigenvalue weighted by Gasteiger charge is -2.32. The quantitative estimate of drug-likeness (QED) is 0.848. The summed E-state index contributed by atoms with van der Waals surface area (Å²) in [6, 6.07) is 4.00. The van der Waals surface area contributed by atoms with E-state index in [0.29, 0.717) is 17.3 Å². The Morgan fingerprint density at radius 3 is 2.62 bits per heavy atom. The van der Waals surface area contributed by atoms with Gasteiger partial charge >= 0.3 is 7.12 Å². The number of anilines is 1. The van der Waals surface area contributed by atoms with E-state index in [0.717, 1.165) is 31.6 Å². The van der Waals surface area contributed by atoms with Crippen LogP contribution in [0.3, 0.4) is 0 Å². The van der Waals surface area contributed by atoms with Crippen molar-refractivity contribution in [3.05, 3.63) is 17.8 Å². The van der Waals surface area contributed by atoms with Crippen LogP contribution in [0, 0.1) is 17.2 Å². The predicted octanol–water partition coefficient (Wildman–Crippen LogP) is 1.70. The van der Waals surface area contributed by atoms with Crippen LogP contribution in [-0.4, -0.2) is 43.1 Å². The molecule has 0 saturated carbocycles. The van der Waals surface area contributed by atoms with Gasteiger partial charge in [-0.15, -0.1) is 0 Å². The number of nitriles is 1. The van der Waals surface area contributed by atoms with Gasteiger partial charge in [-0.2, -0.15) is 5.26 Å². The van der Waals surface area contributed by atoms with Gasteiger partial charge in [-0.3, -0.25) is 0 Å². The second kappa shape index (κ2) is 6.36. The van der Waals surface area contributed by atoms with Gasteiger partial charge in [0.15, 0.2) is 0 Å². The standard InChI is InChI=1S/C17H24BN3O3/c1-16(2)17(3,4)24-18(23-16)14-7-13(8-19)15(21-10-14)20-9-12-5-6-22-11-12/h7,10,12H,5-6,9,11H2,1-4H3,(H,20,21)/t12-/m0/s1. The van der Waals surface area contributed by atoms with Crippen molar-refractivity contribution in [3.8, 4) is 6.07 Å². The molecule has 1 atom stereocenters. The highest BCUT2D eigenvalue weighted by Crippen LogP contribution is 2.36. The van der Waals surface area contributed by atoms with Gasteiger partial charge in [0.25, 0.3) is 0 Å². The first kappa shape index (κ1) is 17.2. The van der Waals surface area contributed by atoms with Gasteiger partial charge in [-0.05, 0) is 40.2 Å². The van der Waals surface area contributed by atoms with Crippen LogP contribution in [0.1, 0.15) is 39.7 Å². The molecule has 1 aromatic rings. The number of hydrogen-bond acceptors (Lipinski definition) is 6. The number of pyridine rings is 1. The summed E-state index contributed by atoms with van der Waals surface area (Å²) in [5, 5.41) is 12.7. The number of aromatic nitrogens is 1. The van der Waals surface area contributed by atoms with Gasteiger partial charge in [0.1, 0.15) is 11.9 Å². The molecule has 24 heavy (non-hydrogen) atoms. The van der Waals surface area contributed by atoms with E-state index in [1.807, 2.05) is 27.7 Å². The van der Waals surface area contributed by atoms with Crippen molar-refractivity contribution in [2.75, 3.05) is 25.1 Å². The Kier molecular flexibility index (Phi) is 4.56. The highest BCUT2D eigenvalue weighted by atomic mass is 16.7. The first-order valence-electron chi connectivity index (χ1n) is 8.40. The van der Waals surface area contributed by atoms with Crippen LogP contribution < -0.4 is 10.8 Å². The van der Waals surface area contributed by atoms with Gasteiger partial charge in [-0.1, -0.05) is 0 Å². The summed E-state index contributed by atoms with van der Waals surface area (Å²) >= 11 is 0. The van der Waals surface area contributed by atoms with E-state index in [1.165, 1.54) is 0 Å². The smallest absolute Gasteiger partial charge is 0.399 e. The molecule has 2 aliphatic heterocycles. The van der Waals surface area contributed by atoms with E-state index in [4.69, 9.17) is 14.0 Å². The molecule has 2 fully saturated rings. The van der Waals surface area contributed by atoms with Crippen molar-refractivity contribution in [1.29, 1.82) is 5.26 Å². The van der Waals surface area contributed by atoms with Crippen LogP contribution in [0.4, 0.5) is 5.82 Å². The topological polar surface area (TPSA) is 76.4 Å². The van der Waals surface area contributed by atoms with Crippen molar-refractivity contribution >= 4 is 18.4 Å². The van der Waals surface area contributed by atoms with Gasteiger partial charge in [0.2, 0.25) is 0 Å². The van der Waals surface area contributed by atoms with Crippen molar-refractivity contribution in [2.45, 2.75) is 45.3 Å². The zero-order chi connectivity index (χ0) is 17.4. The average Bonchev–Trinajstić information content (AvgIpc) is 3.11. The molecular formula is C17H24BN3O3. The maximum absolute atomic E-state index is 9.45. The van der Waals surface area contributed by atoms with Crippen molar-refractivity contribution in [1.82, 2.24) is 4.98 Å². The van der Waals surface area contributed by atoms with Crippen LogP contribution >= 0.6 is 0 Å². The monoisotopic (exact) mass is 329 g/mol. The van der Waals surface area contributed by atoms with Crippen molar-refractivity contribution in [3.63, 3.8) is 0 Å². The van der Waals surface area contributed by atoms with E-state index in [2.05, 4.69) is 16.4 Å². The fourth-order valence-corrected chi connectivity index (χ4v) is 2.80. The third-order valence-corrected chi connectivity index (χ3v) is 5.14. The van der Waals surface area contributed by atoms with Crippen LogP contribution in [0.5, 0.6) is 0 Å². The highest BCUT2D eigenvalue weighted by Gasteiger charge is 2.51. The molecule has 0 amide bonds. The Morgan fingerprint density at radius 2 is 2.04 bits per heavy atom. The summed E-state index contributed by atoms with van der Waals surface area (Å²) in [6.45, 7) is 10.4. The molecular weight excluding hydrogens is 305 g/mol. The summed E-state index contributed by atoms with van der Waals surface area (Å²) in [5.74, 6) is 1.07. The largest absolute Gasteiger partial charge is 0.496 e. The van der Waals surface area contributed by atoms with Crippen molar-refractivity contribution in [2.24, 2.45) is 5.92 Å². The molecule has 128 valence electrons. The summed E-state index contributed by atoms with van der Waals surface area (Å²) in [4.78, 5) is 4.42. The number of hydrogen-bond donors (Lipinski definition) is 1. The van der Waals surface area contributed by atoms with Crippen LogP contribution in [0.25, 0.3) is 0 Å². The molecule has 0 unspecified atom stereocenters. The van der Waals surface area contributed by atoms with Crippen LogP contribution in [0.2, 0.25) is 0 Å². The van der Waals surface area contributed by atoms with E-state index in [-0.39, 0.29) is 0 Å². The second-order valence-electron chi connectivity index (χ2n) is 7.48. The Hall–Kier alpha value is -1.62. The maximum Gasteiger partial charge on any atom is 0.496 e. The summed E-state index contributed by atoms with van der Waals surface area (Å²) in [7, 11) is -0.508. The Balaban J connectivity index is 1.74. The third-order valence-electron chi connectivity index (χ3n) is 5.14. The lowest BCUT2D eigenvalue weighted by Crippen LogP contribution is -2.41. The number of nitrogens with one attached hydrogen (secondary N) is 1. The molecule has 1 aromatic heterocycles. The van der Waals surface area contributed by atoms with Crippen LogP contribution in [-0.2, 0) is 14.0 Å². The molecule has 0 aliphatic carbocycles. The minimum atomic E-state index is -0.508. The molecule has 3 rings (SSSR count). The normalized spacial score (nSPS) is 24.8. The Labute approximate surface area is 143 Å². The fourth-order valence-electron chi connectivity index (χ4n) is 2.80. The first-order chi connectivity index (χ1) is 11.3. The molecule has 1 N–H and O–H groups in total. The van der Waals surface area contributed by atoms with Gasteiger partial charge in [-0.25, -0.2) is 4.98 Å².